The van der Waals surface area contributed by atoms with Crippen molar-refractivity contribution < 1.29 is 0 Å². The van der Waals surface area contributed by atoms with Gasteiger partial charge in [-0.2, -0.15) is 5.26 Å². The summed E-state index contributed by atoms with van der Waals surface area (Å²) in [7, 11) is 0. The largest absolute Gasteiger partial charge is 0.383 e. The van der Waals surface area contributed by atoms with Gasteiger partial charge in [-0.25, -0.2) is 4.98 Å². The molecule has 0 bridgehead atoms. The van der Waals surface area contributed by atoms with Crippen molar-refractivity contribution >= 4 is 27.4 Å². The maximum absolute atomic E-state index is 9.17. The van der Waals surface area contributed by atoms with E-state index in [0.29, 0.717) is 17.1 Å². The van der Waals surface area contributed by atoms with Crippen LogP contribution in [0.4, 0.5) is 5.82 Å². The Balaban J connectivity index is 2.35. The second-order valence-electron chi connectivity index (χ2n) is 4.05. The zero-order chi connectivity index (χ0) is 13.4. The van der Waals surface area contributed by atoms with Crippen molar-refractivity contribution in [2.24, 2.45) is 0 Å². The van der Waals surface area contributed by atoms with Gasteiger partial charge in [0.05, 0.1) is 16.1 Å². The average Bonchev–Trinajstić information content (AvgIpc) is 2.78. The van der Waals surface area contributed by atoms with Gasteiger partial charge in [-0.3, -0.25) is 4.40 Å². The first kappa shape index (κ1) is 11.8. The Morgan fingerprint density at radius 2 is 2.00 bits per heavy atom. The van der Waals surface area contributed by atoms with E-state index in [0.717, 1.165) is 15.7 Å². The van der Waals surface area contributed by atoms with Crippen LogP contribution < -0.4 is 5.73 Å². The summed E-state index contributed by atoms with van der Waals surface area (Å²) in [5.41, 5.74) is 8.81. The van der Waals surface area contributed by atoms with Crippen molar-refractivity contribution in [3.63, 3.8) is 0 Å². The molecule has 0 fully saturated rings. The van der Waals surface area contributed by atoms with E-state index >= 15 is 0 Å². The molecule has 0 amide bonds. The van der Waals surface area contributed by atoms with E-state index in [9.17, 15) is 0 Å². The highest BCUT2D eigenvalue weighted by Gasteiger charge is 2.15. The molecule has 19 heavy (non-hydrogen) atoms. The standard InChI is InChI=1S/C14H9BrN4/c15-11-6-3-7-19-13(17)12(18-14(11)19)10-5-2-1-4-9(10)8-16/h1-7H,17H2. The van der Waals surface area contributed by atoms with Crippen LogP contribution in [-0.2, 0) is 0 Å². The van der Waals surface area contributed by atoms with E-state index < -0.39 is 0 Å². The maximum Gasteiger partial charge on any atom is 0.153 e. The number of hydrogen-bond acceptors (Lipinski definition) is 3. The zero-order valence-electron chi connectivity index (χ0n) is 9.84. The van der Waals surface area contributed by atoms with Crippen molar-refractivity contribution in [1.82, 2.24) is 9.38 Å². The zero-order valence-corrected chi connectivity index (χ0v) is 11.4. The lowest BCUT2D eigenvalue weighted by molar-refractivity contribution is 1.19. The summed E-state index contributed by atoms with van der Waals surface area (Å²) < 4.78 is 2.66. The SMILES string of the molecule is N#Cc1ccccc1-c1nc2c(Br)cccn2c1N. The molecule has 0 unspecified atom stereocenters. The fraction of sp³-hybridized carbons (Fsp3) is 0. The van der Waals surface area contributed by atoms with Gasteiger partial charge in [0.25, 0.3) is 0 Å². The van der Waals surface area contributed by atoms with Crippen LogP contribution in [0.15, 0.2) is 47.1 Å². The van der Waals surface area contributed by atoms with Gasteiger partial charge in [0.2, 0.25) is 0 Å². The Morgan fingerprint density at radius 3 is 2.74 bits per heavy atom. The number of aromatic nitrogens is 2. The number of fused-ring (bicyclic) bond motifs is 1. The van der Waals surface area contributed by atoms with Gasteiger partial charge in [0.15, 0.2) is 5.65 Å². The quantitative estimate of drug-likeness (QED) is 0.750. The summed E-state index contributed by atoms with van der Waals surface area (Å²) in [5.74, 6) is 0.527. The van der Waals surface area contributed by atoms with Crippen LogP contribution in [0.5, 0.6) is 0 Å². The number of nitrogens with two attached hydrogens (primary N) is 1. The van der Waals surface area contributed by atoms with Gasteiger partial charge in [-0.15, -0.1) is 0 Å². The molecule has 0 atom stereocenters. The third-order valence-corrected chi connectivity index (χ3v) is 3.56. The molecule has 92 valence electrons. The number of halogens is 1. The summed E-state index contributed by atoms with van der Waals surface area (Å²) in [6.45, 7) is 0. The number of rotatable bonds is 1. The molecule has 0 saturated carbocycles. The Labute approximate surface area is 118 Å². The Bertz CT molecular complexity index is 814. The Kier molecular flexibility index (Phi) is 2.73. The minimum absolute atomic E-state index is 0.527. The molecule has 0 aliphatic rings. The number of nitrogens with zero attached hydrogens (tertiary/aromatic N) is 3. The minimum atomic E-state index is 0.527. The van der Waals surface area contributed by atoms with E-state index in [1.165, 1.54) is 0 Å². The van der Waals surface area contributed by atoms with Gasteiger partial charge >= 0.3 is 0 Å². The van der Waals surface area contributed by atoms with E-state index in [4.69, 9.17) is 11.0 Å². The molecule has 0 aliphatic heterocycles. The highest BCUT2D eigenvalue weighted by atomic mass is 79.9. The number of nitriles is 1. The number of pyridine rings is 1. The highest BCUT2D eigenvalue weighted by Crippen LogP contribution is 2.31. The Morgan fingerprint density at radius 1 is 1.21 bits per heavy atom. The maximum atomic E-state index is 9.17. The molecule has 1 aromatic carbocycles. The third-order valence-electron chi connectivity index (χ3n) is 2.94. The van der Waals surface area contributed by atoms with E-state index in [2.05, 4.69) is 27.0 Å². The molecule has 2 N–H and O–H groups in total. The molecular weight excluding hydrogens is 304 g/mol. The van der Waals surface area contributed by atoms with E-state index in [1.54, 1.807) is 10.5 Å². The van der Waals surface area contributed by atoms with Crippen LogP contribution in [0.1, 0.15) is 5.56 Å². The summed E-state index contributed by atoms with van der Waals surface area (Å²) >= 11 is 3.45. The summed E-state index contributed by atoms with van der Waals surface area (Å²) in [5, 5.41) is 9.17. The smallest absolute Gasteiger partial charge is 0.153 e. The minimum Gasteiger partial charge on any atom is -0.383 e. The number of hydrogen-bond donors (Lipinski definition) is 1. The fourth-order valence-electron chi connectivity index (χ4n) is 2.04. The van der Waals surface area contributed by atoms with Crippen LogP contribution in [0, 0.1) is 11.3 Å². The molecule has 5 heteroatoms. The monoisotopic (exact) mass is 312 g/mol. The van der Waals surface area contributed by atoms with Gasteiger partial charge in [0.1, 0.15) is 11.5 Å². The topological polar surface area (TPSA) is 67.1 Å². The van der Waals surface area contributed by atoms with E-state index in [-0.39, 0.29) is 0 Å². The molecular formula is C14H9BrN4. The van der Waals surface area contributed by atoms with Gasteiger partial charge in [-0.05, 0) is 34.1 Å². The van der Waals surface area contributed by atoms with Gasteiger partial charge < -0.3 is 5.73 Å². The van der Waals surface area contributed by atoms with Gasteiger partial charge in [0, 0.05) is 11.8 Å². The highest BCUT2D eigenvalue weighted by molar-refractivity contribution is 9.10. The van der Waals surface area contributed by atoms with Crippen molar-refractivity contribution in [3.05, 3.63) is 52.6 Å². The van der Waals surface area contributed by atoms with Crippen molar-refractivity contribution in [1.29, 1.82) is 5.26 Å². The van der Waals surface area contributed by atoms with Crippen LogP contribution >= 0.6 is 15.9 Å². The first-order chi connectivity index (χ1) is 9.22. The van der Waals surface area contributed by atoms with Crippen LogP contribution in [0.3, 0.4) is 0 Å². The average molecular weight is 313 g/mol. The van der Waals surface area contributed by atoms with Crippen molar-refractivity contribution in [2.75, 3.05) is 5.73 Å². The molecule has 2 heterocycles. The second-order valence-corrected chi connectivity index (χ2v) is 4.91. The van der Waals surface area contributed by atoms with E-state index in [1.807, 2.05) is 36.5 Å². The predicted octanol–water partition coefficient (Wildman–Crippen LogP) is 3.22. The summed E-state index contributed by atoms with van der Waals surface area (Å²) in [6, 6.07) is 13.3. The van der Waals surface area contributed by atoms with Crippen LogP contribution in [-0.4, -0.2) is 9.38 Å². The molecule has 0 aliphatic carbocycles. The summed E-state index contributed by atoms with van der Waals surface area (Å²) in [4.78, 5) is 4.53. The lowest BCUT2D eigenvalue weighted by atomic mass is 10.1. The molecule has 0 saturated heterocycles. The van der Waals surface area contributed by atoms with Gasteiger partial charge in [-0.1, -0.05) is 18.2 Å². The van der Waals surface area contributed by atoms with Crippen LogP contribution in [0.2, 0.25) is 0 Å². The number of anilines is 1. The second kappa shape index (κ2) is 4.41. The molecule has 3 aromatic rings. The van der Waals surface area contributed by atoms with Crippen molar-refractivity contribution in [3.8, 4) is 17.3 Å². The molecule has 2 aromatic heterocycles. The molecule has 4 nitrogen and oxygen atoms in total. The lowest BCUT2D eigenvalue weighted by Gasteiger charge is -2.01. The number of nitrogen functional groups attached to an aromatic ring is 1. The first-order valence-corrected chi connectivity index (χ1v) is 6.43. The third kappa shape index (κ3) is 1.77. The lowest BCUT2D eigenvalue weighted by Crippen LogP contribution is -1.94. The fourth-order valence-corrected chi connectivity index (χ4v) is 2.47. The molecule has 0 spiro atoms. The first-order valence-electron chi connectivity index (χ1n) is 5.64. The number of benzene rings is 1. The normalized spacial score (nSPS) is 10.5. The summed E-state index contributed by atoms with van der Waals surface area (Å²) in [6.07, 6.45) is 1.85. The predicted molar refractivity (Wildman–Crippen MR) is 77.5 cm³/mol. The number of imidazole rings is 1. The van der Waals surface area contributed by atoms with Crippen LogP contribution in [0.25, 0.3) is 16.9 Å². The molecule has 3 rings (SSSR count). The van der Waals surface area contributed by atoms with Crippen molar-refractivity contribution in [2.45, 2.75) is 0 Å². The Hall–Kier alpha value is -2.32. The molecule has 0 radical (unpaired) electrons.